The van der Waals surface area contributed by atoms with E-state index in [0.717, 1.165) is 31.5 Å². The SMILES string of the molecule is CN1CCCC(NC(=O)c2cccc(C#CCN)c2)C1. The molecule has 1 fully saturated rings. The van der Waals surface area contributed by atoms with Crippen LogP contribution in [0.3, 0.4) is 0 Å². The molecule has 0 bridgehead atoms. The van der Waals surface area contributed by atoms with Crippen LogP contribution in [0.25, 0.3) is 0 Å². The number of piperidine rings is 1. The summed E-state index contributed by atoms with van der Waals surface area (Å²) in [5.74, 6) is 5.72. The number of hydrogen-bond donors (Lipinski definition) is 2. The number of rotatable bonds is 2. The van der Waals surface area contributed by atoms with E-state index in [9.17, 15) is 4.79 Å². The predicted molar refractivity (Wildman–Crippen MR) is 80.4 cm³/mol. The molecule has 1 heterocycles. The van der Waals surface area contributed by atoms with Gasteiger partial charge in [-0.05, 0) is 44.6 Å². The first-order chi connectivity index (χ1) is 9.69. The van der Waals surface area contributed by atoms with Gasteiger partial charge in [0.05, 0.1) is 6.54 Å². The van der Waals surface area contributed by atoms with Gasteiger partial charge in [-0.25, -0.2) is 0 Å². The molecule has 1 aromatic carbocycles. The van der Waals surface area contributed by atoms with Crippen LogP contribution in [0.5, 0.6) is 0 Å². The number of carbonyl (C=O) groups is 1. The number of hydrogen-bond acceptors (Lipinski definition) is 3. The first-order valence-corrected chi connectivity index (χ1v) is 6.97. The Morgan fingerprint density at radius 3 is 3.15 bits per heavy atom. The zero-order valence-corrected chi connectivity index (χ0v) is 11.9. The van der Waals surface area contributed by atoms with Gasteiger partial charge in [-0.15, -0.1) is 0 Å². The molecule has 1 saturated heterocycles. The molecular weight excluding hydrogens is 250 g/mol. The van der Waals surface area contributed by atoms with Crippen molar-refractivity contribution in [3.8, 4) is 11.8 Å². The van der Waals surface area contributed by atoms with E-state index >= 15 is 0 Å². The minimum Gasteiger partial charge on any atom is -0.348 e. The van der Waals surface area contributed by atoms with Crippen LogP contribution in [-0.4, -0.2) is 43.5 Å². The van der Waals surface area contributed by atoms with Crippen molar-refractivity contribution in [1.29, 1.82) is 0 Å². The number of likely N-dealkylation sites (tertiary alicyclic amines) is 1. The molecule has 0 spiro atoms. The van der Waals surface area contributed by atoms with E-state index in [-0.39, 0.29) is 11.9 Å². The number of carbonyl (C=O) groups excluding carboxylic acids is 1. The summed E-state index contributed by atoms with van der Waals surface area (Å²) in [4.78, 5) is 14.5. The number of nitrogens with zero attached hydrogens (tertiary/aromatic N) is 1. The van der Waals surface area contributed by atoms with Gasteiger partial charge in [-0.1, -0.05) is 17.9 Å². The Balaban J connectivity index is 2.01. The van der Waals surface area contributed by atoms with Crippen molar-refractivity contribution in [2.45, 2.75) is 18.9 Å². The maximum Gasteiger partial charge on any atom is 0.251 e. The molecule has 0 aromatic heterocycles. The summed E-state index contributed by atoms with van der Waals surface area (Å²) in [5, 5.41) is 3.10. The number of amides is 1. The number of likely N-dealkylation sites (N-methyl/N-ethyl adjacent to an activating group) is 1. The van der Waals surface area contributed by atoms with Crippen molar-refractivity contribution in [2.75, 3.05) is 26.7 Å². The lowest BCUT2D eigenvalue weighted by molar-refractivity contribution is 0.0912. The Labute approximate surface area is 120 Å². The molecule has 20 heavy (non-hydrogen) atoms. The van der Waals surface area contributed by atoms with Crippen LogP contribution in [0, 0.1) is 11.8 Å². The first kappa shape index (κ1) is 14.6. The predicted octanol–water partition coefficient (Wildman–Crippen LogP) is 0.821. The quantitative estimate of drug-likeness (QED) is 0.783. The summed E-state index contributed by atoms with van der Waals surface area (Å²) in [5.41, 5.74) is 6.83. The van der Waals surface area contributed by atoms with Crippen molar-refractivity contribution < 1.29 is 4.79 Å². The molecule has 4 heteroatoms. The zero-order valence-electron chi connectivity index (χ0n) is 11.9. The van der Waals surface area contributed by atoms with Gasteiger partial charge in [0.15, 0.2) is 0 Å². The number of nitrogens with one attached hydrogen (secondary N) is 1. The molecule has 0 saturated carbocycles. The first-order valence-electron chi connectivity index (χ1n) is 6.97. The fraction of sp³-hybridized carbons (Fsp3) is 0.438. The highest BCUT2D eigenvalue weighted by molar-refractivity contribution is 5.94. The van der Waals surface area contributed by atoms with Gasteiger partial charge in [-0.3, -0.25) is 4.79 Å². The minimum atomic E-state index is -0.0262. The fourth-order valence-electron chi connectivity index (χ4n) is 2.44. The highest BCUT2D eigenvalue weighted by Gasteiger charge is 2.19. The van der Waals surface area contributed by atoms with Crippen LogP contribution in [0.1, 0.15) is 28.8 Å². The lowest BCUT2D eigenvalue weighted by atomic mass is 10.1. The molecule has 1 unspecified atom stereocenters. The van der Waals surface area contributed by atoms with Gasteiger partial charge in [0.25, 0.3) is 5.91 Å². The topological polar surface area (TPSA) is 58.4 Å². The van der Waals surface area contributed by atoms with Crippen LogP contribution < -0.4 is 11.1 Å². The monoisotopic (exact) mass is 271 g/mol. The number of benzene rings is 1. The van der Waals surface area contributed by atoms with Crippen molar-refractivity contribution in [1.82, 2.24) is 10.2 Å². The van der Waals surface area contributed by atoms with E-state index in [4.69, 9.17) is 5.73 Å². The smallest absolute Gasteiger partial charge is 0.251 e. The second-order valence-corrected chi connectivity index (χ2v) is 5.16. The van der Waals surface area contributed by atoms with Crippen LogP contribution >= 0.6 is 0 Å². The minimum absolute atomic E-state index is 0.0262. The molecule has 1 atom stereocenters. The second kappa shape index (κ2) is 7.09. The van der Waals surface area contributed by atoms with E-state index in [2.05, 4.69) is 29.1 Å². The van der Waals surface area contributed by atoms with E-state index < -0.39 is 0 Å². The van der Waals surface area contributed by atoms with E-state index in [1.54, 1.807) is 0 Å². The van der Waals surface area contributed by atoms with Gasteiger partial charge in [0, 0.05) is 23.7 Å². The molecule has 4 nitrogen and oxygen atoms in total. The Morgan fingerprint density at radius 1 is 1.55 bits per heavy atom. The summed E-state index contributed by atoms with van der Waals surface area (Å²) in [6.07, 6.45) is 2.17. The highest BCUT2D eigenvalue weighted by Crippen LogP contribution is 2.10. The Bertz CT molecular complexity index is 530. The third kappa shape index (κ3) is 4.09. The molecule has 0 aliphatic carbocycles. The second-order valence-electron chi connectivity index (χ2n) is 5.16. The van der Waals surface area contributed by atoms with E-state index in [1.807, 2.05) is 24.3 Å². The largest absolute Gasteiger partial charge is 0.348 e. The molecule has 1 aliphatic rings. The van der Waals surface area contributed by atoms with Gasteiger partial charge >= 0.3 is 0 Å². The summed E-state index contributed by atoms with van der Waals surface area (Å²) >= 11 is 0. The van der Waals surface area contributed by atoms with Crippen LogP contribution in [0.2, 0.25) is 0 Å². The average molecular weight is 271 g/mol. The Morgan fingerprint density at radius 2 is 2.40 bits per heavy atom. The summed E-state index contributed by atoms with van der Waals surface area (Å²) in [6.45, 7) is 2.35. The normalized spacial score (nSPS) is 19.0. The van der Waals surface area contributed by atoms with Crippen LogP contribution in [-0.2, 0) is 0 Å². The van der Waals surface area contributed by atoms with Gasteiger partial charge in [-0.2, -0.15) is 0 Å². The third-order valence-corrected chi connectivity index (χ3v) is 3.42. The van der Waals surface area contributed by atoms with Crippen molar-refractivity contribution in [2.24, 2.45) is 5.73 Å². The molecule has 1 aromatic rings. The van der Waals surface area contributed by atoms with Crippen molar-refractivity contribution in [3.63, 3.8) is 0 Å². The van der Waals surface area contributed by atoms with Crippen LogP contribution in [0.4, 0.5) is 0 Å². The molecule has 3 N–H and O–H groups in total. The van der Waals surface area contributed by atoms with Gasteiger partial charge < -0.3 is 16.0 Å². The third-order valence-electron chi connectivity index (χ3n) is 3.42. The highest BCUT2D eigenvalue weighted by atomic mass is 16.1. The molecule has 2 rings (SSSR count). The van der Waals surface area contributed by atoms with Gasteiger partial charge in [0.2, 0.25) is 0 Å². The summed E-state index contributed by atoms with van der Waals surface area (Å²) in [7, 11) is 2.08. The molecule has 1 aliphatic heterocycles. The number of nitrogens with two attached hydrogens (primary N) is 1. The lowest BCUT2D eigenvalue weighted by Crippen LogP contribution is -2.46. The Kier molecular flexibility index (Phi) is 5.16. The lowest BCUT2D eigenvalue weighted by Gasteiger charge is -2.30. The molecule has 106 valence electrons. The fourth-order valence-corrected chi connectivity index (χ4v) is 2.44. The van der Waals surface area contributed by atoms with Crippen molar-refractivity contribution in [3.05, 3.63) is 35.4 Å². The van der Waals surface area contributed by atoms with Crippen molar-refractivity contribution >= 4 is 5.91 Å². The molecule has 0 radical (unpaired) electrons. The maximum atomic E-state index is 12.2. The average Bonchev–Trinajstić information content (AvgIpc) is 2.45. The van der Waals surface area contributed by atoms with Gasteiger partial charge in [0.1, 0.15) is 0 Å². The molecular formula is C16H21N3O. The molecule has 1 amide bonds. The van der Waals surface area contributed by atoms with E-state index in [0.29, 0.717) is 12.1 Å². The summed E-state index contributed by atoms with van der Waals surface area (Å²) < 4.78 is 0. The summed E-state index contributed by atoms with van der Waals surface area (Å²) in [6, 6.07) is 7.59. The Hall–Kier alpha value is -1.83. The van der Waals surface area contributed by atoms with Crippen LogP contribution in [0.15, 0.2) is 24.3 Å². The standard InChI is InChI=1S/C16H21N3O/c1-19-10-4-8-15(12-19)18-16(20)14-7-2-5-13(11-14)6-3-9-17/h2,5,7,11,15H,4,8-10,12,17H2,1H3,(H,18,20). The van der Waals surface area contributed by atoms with E-state index in [1.165, 1.54) is 0 Å². The zero-order chi connectivity index (χ0) is 14.4. The maximum absolute atomic E-state index is 12.2.